The van der Waals surface area contributed by atoms with E-state index in [2.05, 4.69) is 17.9 Å². The Bertz CT molecular complexity index is 1110. The second-order valence-electron chi connectivity index (χ2n) is 9.21. The molecule has 0 N–H and O–H groups in total. The molecule has 2 atom stereocenters. The van der Waals surface area contributed by atoms with Crippen molar-refractivity contribution in [2.75, 3.05) is 37.7 Å². The Morgan fingerprint density at radius 2 is 1.89 bits per heavy atom. The van der Waals surface area contributed by atoms with Crippen LogP contribution in [0, 0.1) is 18.3 Å². The molecule has 0 bridgehead atoms. The minimum atomic E-state index is -0.286. The molecule has 1 aromatic heterocycles. The summed E-state index contributed by atoms with van der Waals surface area (Å²) in [5, 5.41) is 9.87. The Morgan fingerprint density at radius 3 is 2.50 bits per heavy atom. The number of thiocarbonyl (C=S) groups is 1. The number of ether oxygens (including phenoxy) is 2. The number of pyridine rings is 1. The number of carbonyl (C=O) groups excluding carboxylic acids is 1. The summed E-state index contributed by atoms with van der Waals surface area (Å²) in [6.45, 7) is 13.2. The molecule has 1 amide bonds. The lowest BCUT2D eigenvalue weighted by atomic mass is 10.0. The fourth-order valence-electron chi connectivity index (χ4n) is 4.65. The minimum Gasteiger partial charge on any atom is -0.382 e. The molecule has 196 valence electrons. The summed E-state index contributed by atoms with van der Waals surface area (Å²) in [5.41, 5.74) is 1.13. The maximum absolute atomic E-state index is 13.4. The first-order valence-corrected chi connectivity index (χ1v) is 13.9. The summed E-state index contributed by atoms with van der Waals surface area (Å²) in [5.74, 6) is 0.592. The summed E-state index contributed by atoms with van der Waals surface area (Å²) in [7, 11) is 0. The molecule has 0 radical (unpaired) electrons. The molecule has 2 saturated heterocycles. The van der Waals surface area contributed by atoms with Crippen molar-refractivity contribution in [3.05, 3.63) is 31.9 Å². The van der Waals surface area contributed by atoms with Gasteiger partial charge < -0.3 is 14.4 Å². The average molecular weight is 533 g/mol. The zero-order valence-electron chi connectivity index (χ0n) is 21.8. The topological polar surface area (TPSA) is 87.8 Å². The van der Waals surface area contributed by atoms with Gasteiger partial charge >= 0.3 is 0 Å². The highest BCUT2D eigenvalue weighted by Crippen LogP contribution is 2.36. The SMILES string of the molecule is CCCCn1c(N2CC(C)OC(C)C2)c(/C=C2\SC(=S)N(CCCOCC)C2=O)c(C)c(C#N)c1=O. The third-order valence-electron chi connectivity index (χ3n) is 6.32. The molecule has 0 aliphatic carbocycles. The second kappa shape index (κ2) is 12.9. The van der Waals surface area contributed by atoms with Crippen LogP contribution in [0.15, 0.2) is 9.70 Å². The molecule has 2 fully saturated rings. The smallest absolute Gasteiger partial charge is 0.270 e. The Hall–Kier alpha value is -2.19. The standard InChI is InChI=1S/C26H36N4O4S2/c1-6-8-10-29-23(28-15-17(3)34-18(4)16-28)20(19(5)21(14-27)24(29)31)13-22-25(32)30(26(35)36-22)11-9-12-33-7-2/h13,17-18H,6-12,15-16H2,1-5H3/b22-13-. The van der Waals surface area contributed by atoms with Gasteiger partial charge in [-0.3, -0.25) is 19.1 Å². The third-order valence-corrected chi connectivity index (χ3v) is 7.70. The second-order valence-corrected chi connectivity index (χ2v) is 10.9. The molecule has 0 spiro atoms. The van der Waals surface area contributed by atoms with Gasteiger partial charge in [-0.25, -0.2) is 0 Å². The van der Waals surface area contributed by atoms with Gasteiger partial charge in [-0.2, -0.15) is 5.26 Å². The fraction of sp³-hybridized carbons (Fsp3) is 0.615. The third kappa shape index (κ3) is 6.20. The first-order chi connectivity index (χ1) is 17.2. The van der Waals surface area contributed by atoms with E-state index in [4.69, 9.17) is 21.7 Å². The molecule has 2 unspecified atom stereocenters. The molecular formula is C26H36N4O4S2. The van der Waals surface area contributed by atoms with Crippen molar-refractivity contribution in [1.29, 1.82) is 5.26 Å². The summed E-state index contributed by atoms with van der Waals surface area (Å²) in [6, 6.07) is 2.11. The summed E-state index contributed by atoms with van der Waals surface area (Å²) >= 11 is 6.78. The first-order valence-electron chi connectivity index (χ1n) is 12.6. The summed E-state index contributed by atoms with van der Waals surface area (Å²) in [6.07, 6.45) is 4.19. The van der Waals surface area contributed by atoms with E-state index in [1.54, 1.807) is 16.4 Å². The van der Waals surface area contributed by atoms with E-state index in [1.807, 2.05) is 26.8 Å². The Labute approximate surface area is 223 Å². The highest BCUT2D eigenvalue weighted by atomic mass is 32.2. The molecule has 1 aromatic rings. The number of nitrogens with zero attached hydrogens (tertiary/aromatic N) is 4. The van der Waals surface area contributed by atoms with Crippen LogP contribution >= 0.6 is 24.0 Å². The van der Waals surface area contributed by atoms with E-state index in [1.165, 1.54) is 11.8 Å². The predicted octanol–water partition coefficient (Wildman–Crippen LogP) is 4.07. The Balaban J connectivity index is 2.12. The van der Waals surface area contributed by atoms with Crippen molar-refractivity contribution >= 4 is 46.1 Å². The summed E-state index contributed by atoms with van der Waals surface area (Å²) in [4.78, 5) is 31.0. The first kappa shape index (κ1) is 28.4. The number of carbonyl (C=O) groups is 1. The molecule has 3 rings (SSSR count). The van der Waals surface area contributed by atoms with Crippen LogP contribution in [-0.2, 0) is 20.8 Å². The number of hydrogen-bond acceptors (Lipinski definition) is 8. The molecule has 0 aromatic carbocycles. The molecule has 2 aliphatic heterocycles. The van der Waals surface area contributed by atoms with Gasteiger partial charge in [-0.1, -0.05) is 37.3 Å². The van der Waals surface area contributed by atoms with E-state index >= 15 is 0 Å². The molecule has 0 saturated carbocycles. The van der Waals surface area contributed by atoms with Crippen LogP contribution in [0.25, 0.3) is 6.08 Å². The molecule has 36 heavy (non-hydrogen) atoms. The minimum absolute atomic E-state index is 0.0178. The lowest BCUT2D eigenvalue weighted by Crippen LogP contribution is -2.48. The molecule has 2 aliphatic rings. The lowest BCUT2D eigenvalue weighted by Gasteiger charge is -2.39. The monoisotopic (exact) mass is 532 g/mol. The summed E-state index contributed by atoms with van der Waals surface area (Å²) < 4.78 is 13.6. The van der Waals surface area contributed by atoms with Gasteiger partial charge in [-0.15, -0.1) is 0 Å². The lowest BCUT2D eigenvalue weighted by molar-refractivity contribution is -0.122. The molecular weight excluding hydrogens is 496 g/mol. The predicted molar refractivity (Wildman–Crippen MR) is 148 cm³/mol. The van der Waals surface area contributed by atoms with E-state index in [-0.39, 0.29) is 29.2 Å². The van der Waals surface area contributed by atoms with Crippen LogP contribution in [-0.4, -0.2) is 64.8 Å². The average Bonchev–Trinajstić information content (AvgIpc) is 3.09. The maximum Gasteiger partial charge on any atom is 0.270 e. The number of thioether (sulfide) groups is 1. The maximum atomic E-state index is 13.4. The number of hydrogen-bond donors (Lipinski definition) is 0. The van der Waals surface area contributed by atoms with Gasteiger partial charge in [-0.05, 0) is 52.2 Å². The highest BCUT2D eigenvalue weighted by Gasteiger charge is 2.34. The Morgan fingerprint density at radius 1 is 1.19 bits per heavy atom. The van der Waals surface area contributed by atoms with E-state index in [0.717, 1.165) is 24.2 Å². The molecule has 3 heterocycles. The van der Waals surface area contributed by atoms with Crippen LogP contribution in [0.3, 0.4) is 0 Å². The van der Waals surface area contributed by atoms with E-state index in [9.17, 15) is 14.9 Å². The van der Waals surface area contributed by atoms with Crippen molar-refractivity contribution in [2.24, 2.45) is 0 Å². The normalized spacial score (nSPS) is 21.5. The van der Waals surface area contributed by atoms with Gasteiger partial charge in [0.15, 0.2) is 0 Å². The number of morpholine rings is 1. The van der Waals surface area contributed by atoms with Gasteiger partial charge in [0.2, 0.25) is 0 Å². The van der Waals surface area contributed by atoms with Crippen LogP contribution in [0.5, 0.6) is 0 Å². The van der Waals surface area contributed by atoms with Gasteiger partial charge in [0.05, 0.1) is 17.1 Å². The van der Waals surface area contributed by atoms with Crippen LogP contribution < -0.4 is 10.5 Å². The van der Waals surface area contributed by atoms with Gasteiger partial charge in [0.25, 0.3) is 11.5 Å². The number of amides is 1. The number of anilines is 1. The Kier molecular flexibility index (Phi) is 10.1. The van der Waals surface area contributed by atoms with Crippen molar-refractivity contribution < 1.29 is 14.3 Å². The number of aromatic nitrogens is 1. The van der Waals surface area contributed by atoms with Gasteiger partial charge in [0, 0.05) is 45.0 Å². The number of nitriles is 1. The number of unbranched alkanes of at least 4 members (excludes halogenated alkanes) is 1. The van der Waals surface area contributed by atoms with Crippen molar-refractivity contribution in [2.45, 2.75) is 72.6 Å². The quantitative estimate of drug-likeness (QED) is 0.253. The zero-order valence-corrected chi connectivity index (χ0v) is 23.5. The van der Waals surface area contributed by atoms with Crippen LogP contribution in [0.2, 0.25) is 0 Å². The highest BCUT2D eigenvalue weighted by molar-refractivity contribution is 8.26. The van der Waals surface area contributed by atoms with Crippen molar-refractivity contribution in [1.82, 2.24) is 9.47 Å². The van der Waals surface area contributed by atoms with E-state index in [0.29, 0.717) is 60.6 Å². The zero-order chi connectivity index (χ0) is 26.4. The van der Waals surface area contributed by atoms with Gasteiger partial charge in [0.1, 0.15) is 21.8 Å². The molecule has 10 heteroatoms. The van der Waals surface area contributed by atoms with Crippen LogP contribution in [0.1, 0.15) is 63.6 Å². The van der Waals surface area contributed by atoms with Crippen molar-refractivity contribution in [3.63, 3.8) is 0 Å². The largest absolute Gasteiger partial charge is 0.382 e. The van der Waals surface area contributed by atoms with E-state index < -0.39 is 0 Å². The van der Waals surface area contributed by atoms with Crippen LogP contribution in [0.4, 0.5) is 5.82 Å². The van der Waals surface area contributed by atoms with Crippen molar-refractivity contribution in [3.8, 4) is 6.07 Å². The molecule has 8 nitrogen and oxygen atoms in total. The number of rotatable bonds is 10. The fourth-order valence-corrected chi connectivity index (χ4v) is 5.94.